The fraction of sp³-hybridized carbons (Fsp3) is 0.462. The van der Waals surface area contributed by atoms with Crippen molar-refractivity contribution in [2.24, 2.45) is 5.92 Å². The number of carbonyl (C=O) groups is 1. The highest BCUT2D eigenvalue weighted by Gasteiger charge is 2.23. The number of methoxy groups -OCH3 is 1. The Kier molecular flexibility index (Phi) is 3.98. The number of rotatable bonds is 4. The summed E-state index contributed by atoms with van der Waals surface area (Å²) in [6.07, 6.45) is 0.872. The SMILES string of the molecule is COc1cccc(COC(=O)C2CCNC2)c1. The van der Waals surface area contributed by atoms with E-state index in [0.717, 1.165) is 30.8 Å². The fourth-order valence-corrected chi connectivity index (χ4v) is 1.89. The Morgan fingerprint density at radius 2 is 2.41 bits per heavy atom. The third-order valence-corrected chi connectivity index (χ3v) is 2.91. The second-order valence-corrected chi connectivity index (χ2v) is 4.15. The van der Waals surface area contributed by atoms with Crippen molar-refractivity contribution in [2.75, 3.05) is 20.2 Å². The summed E-state index contributed by atoms with van der Waals surface area (Å²) in [6, 6.07) is 7.55. The van der Waals surface area contributed by atoms with E-state index < -0.39 is 0 Å². The molecule has 1 aromatic carbocycles. The summed E-state index contributed by atoms with van der Waals surface area (Å²) in [5.41, 5.74) is 0.948. The van der Waals surface area contributed by atoms with Gasteiger partial charge in [-0.05, 0) is 30.7 Å². The quantitative estimate of drug-likeness (QED) is 0.800. The van der Waals surface area contributed by atoms with Gasteiger partial charge in [0.2, 0.25) is 0 Å². The summed E-state index contributed by atoms with van der Waals surface area (Å²) < 4.78 is 10.4. The molecule has 4 nitrogen and oxygen atoms in total. The van der Waals surface area contributed by atoms with Crippen molar-refractivity contribution in [3.05, 3.63) is 29.8 Å². The maximum atomic E-state index is 11.7. The molecule has 1 heterocycles. The monoisotopic (exact) mass is 235 g/mol. The largest absolute Gasteiger partial charge is 0.497 e. The molecule has 17 heavy (non-hydrogen) atoms. The molecule has 0 spiro atoms. The Morgan fingerprint density at radius 3 is 3.12 bits per heavy atom. The van der Waals surface area contributed by atoms with E-state index in [4.69, 9.17) is 9.47 Å². The van der Waals surface area contributed by atoms with Crippen LogP contribution in [0.25, 0.3) is 0 Å². The molecule has 0 amide bonds. The van der Waals surface area contributed by atoms with Gasteiger partial charge in [0.15, 0.2) is 0 Å². The Bertz CT molecular complexity index is 386. The second-order valence-electron chi connectivity index (χ2n) is 4.15. The van der Waals surface area contributed by atoms with Gasteiger partial charge < -0.3 is 14.8 Å². The third kappa shape index (κ3) is 3.20. The van der Waals surface area contributed by atoms with E-state index in [1.54, 1.807) is 7.11 Å². The Hall–Kier alpha value is -1.55. The lowest BCUT2D eigenvalue weighted by Crippen LogP contribution is -2.20. The van der Waals surface area contributed by atoms with Crippen molar-refractivity contribution in [3.63, 3.8) is 0 Å². The number of ether oxygens (including phenoxy) is 2. The number of hydrogen-bond acceptors (Lipinski definition) is 4. The number of nitrogens with one attached hydrogen (secondary N) is 1. The summed E-state index contributed by atoms with van der Waals surface area (Å²) in [4.78, 5) is 11.7. The molecule has 0 radical (unpaired) electrons. The van der Waals surface area contributed by atoms with Gasteiger partial charge in [0, 0.05) is 6.54 Å². The average molecular weight is 235 g/mol. The highest BCUT2D eigenvalue weighted by molar-refractivity contribution is 5.73. The molecule has 1 aliphatic rings. The normalized spacial score (nSPS) is 19.0. The molecule has 0 bridgehead atoms. The van der Waals surface area contributed by atoms with Crippen LogP contribution in [0.15, 0.2) is 24.3 Å². The minimum absolute atomic E-state index is 0.0145. The highest BCUT2D eigenvalue weighted by atomic mass is 16.5. The van der Waals surface area contributed by atoms with Gasteiger partial charge in [0.25, 0.3) is 0 Å². The molecular formula is C13H17NO3. The number of benzene rings is 1. The predicted molar refractivity (Wildman–Crippen MR) is 63.8 cm³/mol. The van der Waals surface area contributed by atoms with Crippen molar-refractivity contribution in [3.8, 4) is 5.75 Å². The number of hydrogen-bond donors (Lipinski definition) is 1. The molecule has 4 heteroatoms. The van der Waals surface area contributed by atoms with E-state index in [-0.39, 0.29) is 11.9 Å². The Labute approximate surface area is 101 Å². The van der Waals surface area contributed by atoms with Crippen LogP contribution >= 0.6 is 0 Å². The molecule has 1 N–H and O–H groups in total. The maximum Gasteiger partial charge on any atom is 0.310 e. The van der Waals surface area contributed by atoms with E-state index >= 15 is 0 Å². The molecule has 0 aliphatic carbocycles. The molecule has 1 aromatic rings. The number of carbonyl (C=O) groups excluding carboxylic acids is 1. The lowest BCUT2D eigenvalue weighted by Gasteiger charge is -2.09. The van der Waals surface area contributed by atoms with Crippen LogP contribution in [0.2, 0.25) is 0 Å². The van der Waals surface area contributed by atoms with Crippen LogP contribution in [0.4, 0.5) is 0 Å². The molecule has 1 fully saturated rings. The Balaban J connectivity index is 1.86. The van der Waals surface area contributed by atoms with Crippen molar-refractivity contribution in [1.29, 1.82) is 0 Å². The molecule has 2 rings (SSSR count). The van der Waals surface area contributed by atoms with Crippen LogP contribution in [0, 0.1) is 5.92 Å². The van der Waals surface area contributed by atoms with E-state index in [1.807, 2.05) is 24.3 Å². The van der Waals surface area contributed by atoms with Crippen molar-refractivity contribution < 1.29 is 14.3 Å². The van der Waals surface area contributed by atoms with Gasteiger partial charge in [-0.2, -0.15) is 0 Å². The first-order chi connectivity index (χ1) is 8.29. The van der Waals surface area contributed by atoms with Gasteiger partial charge in [-0.1, -0.05) is 12.1 Å². The molecule has 1 unspecified atom stereocenters. The van der Waals surface area contributed by atoms with Crippen LogP contribution < -0.4 is 10.1 Å². The smallest absolute Gasteiger partial charge is 0.310 e. The highest BCUT2D eigenvalue weighted by Crippen LogP contribution is 2.15. The maximum absolute atomic E-state index is 11.7. The second kappa shape index (κ2) is 5.68. The zero-order chi connectivity index (χ0) is 12.1. The van der Waals surface area contributed by atoms with Crippen LogP contribution in [0.3, 0.4) is 0 Å². The zero-order valence-corrected chi connectivity index (χ0v) is 9.94. The Morgan fingerprint density at radius 1 is 1.53 bits per heavy atom. The first-order valence-electron chi connectivity index (χ1n) is 5.80. The fourth-order valence-electron chi connectivity index (χ4n) is 1.89. The molecule has 1 saturated heterocycles. The molecule has 92 valence electrons. The van der Waals surface area contributed by atoms with Crippen molar-refractivity contribution in [2.45, 2.75) is 13.0 Å². The van der Waals surface area contributed by atoms with Crippen LogP contribution in [-0.4, -0.2) is 26.2 Å². The topological polar surface area (TPSA) is 47.6 Å². The minimum atomic E-state index is -0.113. The zero-order valence-electron chi connectivity index (χ0n) is 9.94. The summed E-state index contributed by atoms with van der Waals surface area (Å²) in [5.74, 6) is 0.680. The van der Waals surface area contributed by atoms with Gasteiger partial charge in [-0.25, -0.2) is 0 Å². The van der Waals surface area contributed by atoms with Crippen LogP contribution in [0.1, 0.15) is 12.0 Å². The number of esters is 1. The van der Waals surface area contributed by atoms with E-state index in [9.17, 15) is 4.79 Å². The minimum Gasteiger partial charge on any atom is -0.497 e. The molecule has 1 atom stereocenters. The lowest BCUT2D eigenvalue weighted by molar-refractivity contribution is -0.149. The van der Waals surface area contributed by atoms with Gasteiger partial charge in [0.05, 0.1) is 13.0 Å². The molecule has 0 aromatic heterocycles. The van der Waals surface area contributed by atoms with E-state index in [2.05, 4.69) is 5.32 Å². The average Bonchev–Trinajstić information content (AvgIpc) is 2.90. The van der Waals surface area contributed by atoms with Gasteiger partial charge >= 0.3 is 5.97 Å². The summed E-state index contributed by atoms with van der Waals surface area (Å²) in [5, 5.41) is 3.15. The first kappa shape index (κ1) is 11.9. The standard InChI is InChI=1S/C13H17NO3/c1-16-12-4-2-3-10(7-12)9-17-13(15)11-5-6-14-8-11/h2-4,7,11,14H,5-6,8-9H2,1H3. The van der Waals surface area contributed by atoms with E-state index in [0.29, 0.717) is 6.61 Å². The van der Waals surface area contributed by atoms with Crippen molar-refractivity contribution >= 4 is 5.97 Å². The van der Waals surface area contributed by atoms with E-state index in [1.165, 1.54) is 0 Å². The van der Waals surface area contributed by atoms with Crippen LogP contribution in [0.5, 0.6) is 5.75 Å². The summed E-state index contributed by atoms with van der Waals surface area (Å²) >= 11 is 0. The summed E-state index contributed by atoms with van der Waals surface area (Å²) in [7, 11) is 1.62. The molecule has 0 saturated carbocycles. The predicted octanol–water partition coefficient (Wildman–Crippen LogP) is 1.35. The lowest BCUT2D eigenvalue weighted by atomic mass is 10.1. The first-order valence-corrected chi connectivity index (χ1v) is 5.80. The van der Waals surface area contributed by atoms with Crippen molar-refractivity contribution in [1.82, 2.24) is 5.32 Å². The van der Waals surface area contributed by atoms with Gasteiger partial charge in [-0.15, -0.1) is 0 Å². The van der Waals surface area contributed by atoms with Gasteiger partial charge in [-0.3, -0.25) is 4.79 Å². The van der Waals surface area contributed by atoms with Crippen LogP contribution in [-0.2, 0) is 16.1 Å². The molecular weight excluding hydrogens is 218 g/mol. The molecule has 1 aliphatic heterocycles. The third-order valence-electron chi connectivity index (χ3n) is 2.91. The summed E-state index contributed by atoms with van der Waals surface area (Å²) in [6.45, 7) is 1.95. The van der Waals surface area contributed by atoms with Gasteiger partial charge in [0.1, 0.15) is 12.4 Å².